The van der Waals surface area contributed by atoms with Crippen LogP contribution >= 0.6 is 23.4 Å². The summed E-state index contributed by atoms with van der Waals surface area (Å²) in [6.07, 6.45) is 3.31. The third kappa shape index (κ3) is 4.85. The lowest BCUT2D eigenvalue weighted by Gasteiger charge is -2.12. The highest BCUT2D eigenvalue weighted by Gasteiger charge is 2.36. The topological polar surface area (TPSA) is 79.6 Å². The van der Waals surface area contributed by atoms with Crippen LogP contribution in [0.3, 0.4) is 0 Å². The van der Waals surface area contributed by atoms with E-state index in [4.69, 9.17) is 16.0 Å². The molecular weight excluding hydrogens is 400 g/mol. The van der Waals surface area contributed by atoms with Crippen LogP contribution in [0.15, 0.2) is 45.7 Å². The molecule has 1 aromatic heterocycles. The lowest BCUT2D eigenvalue weighted by atomic mass is 10.2. The second-order valence-electron chi connectivity index (χ2n) is 6.18. The molecule has 0 bridgehead atoms. The van der Waals surface area contributed by atoms with E-state index in [9.17, 15) is 14.4 Å². The third-order valence-electron chi connectivity index (χ3n) is 4.04. The molecule has 1 N–H and O–H groups in total. The van der Waals surface area contributed by atoms with E-state index in [1.165, 1.54) is 6.08 Å². The van der Waals surface area contributed by atoms with Crippen LogP contribution in [0.25, 0.3) is 17.4 Å². The molecule has 0 atom stereocenters. The molecule has 28 heavy (non-hydrogen) atoms. The molecular formula is C20H19ClN2O4S. The van der Waals surface area contributed by atoms with Crippen LogP contribution in [0.4, 0.5) is 4.79 Å². The molecule has 1 aliphatic heterocycles. The number of halogens is 1. The van der Waals surface area contributed by atoms with E-state index in [0.29, 0.717) is 23.1 Å². The van der Waals surface area contributed by atoms with E-state index >= 15 is 0 Å². The highest BCUT2D eigenvalue weighted by atomic mass is 35.5. The van der Waals surface area contributed by atoms with Gasteiger partial charge in [0.15, 0.2) is 0 Å². The molecule has 0 saturated carbocycles. The summed E-state index contributed by atoms with van der Waals surface area (Å²) in [5, 5.41) is 2.82. The number of thioether (sulfide) groups is 1. The fourth-order valence-electron chi connectivity index (χ4n) is 2.60. The molecule has 2 aromatic rings. The number of benzene rings is 1. The zero-order valence-corrected chi connectivity index (χ0v) is 16.8. The first kappa shape index (κ1) is 20.2. The summed E-state index contributed by atoms with van der Waals surface area (Å²) >= 11 is 6.79. The monoisotopic (exact) mass is 418 g/mol. The van der Waals surface area contributed by atoms with Crippen molar-refractivity contribution in [2.45, 2.75) is 19.8 Å². The molecule has 0 unspecified atom stereocenters. The highest BCUT2D eigenvalue weighted by molar-refractivity contribution is 8.18. The Balaban J connectivity index is 1.69. The molecule has 1 aromatic carbocycles. The van der Waals surface area contributed by atoms with Crippen LogP contribution in [-0.2, 0) is 9.59 Å². The van der Waals surface area contributed by atoms with E-state index in [2.05, 4.69) is 5.32 Å². The predicted octanol–water partition coefficient (Wildman–Crippen LogP) is 4.55. The van der Waals surface area contributed by atoms with Gasteiger partial charge in [-0.25, -0.2) is 0 Å². The Bertz CT molecular complexity index is 938. The molecule has 0 spiro atoms. The minimum Gasteiger partial charge on any atom is -0.457 e. The van der Waals surface area contributed by atoms with Crippen molar-refractivity contribution in [3.63, 3.8) is 0 Å². The van der Waals surface area contributed by atoms with E-state index in [1.807, 2.05) is 19.1 Å². The molecule has 1 fully saturated rings. The first-order chi connectivity index (χ1) is 13.5. The summed E-state index contributed by atoms with van der Waals surface area (Å²) in [7, 11) is 0. The van der Waals surface area contributed by atoms with Crippen LogP contribution < -0.4 is 5.32 Å². The predicted molar refractivity (Wildman–Crippen MR) is 110 cm³/mol. The zero-order chi connectivity index (χ0) is 20.1. The number of furan rings is 1. The summed E-state index contributed by atoms with van der Waals surface area (Å²) in [5.41, 5.74) is 0.809. The minimum atomic E-state index is -0.499. The minimum absolute atomic E-state index is 0.221. The Morgan fingerprint density at radius 2 is 2.11 bits per heavy atom. The van der Waals surface area contributed by atoms with Crippen molar-refractivity contribution in [3.05, 3.63) is 52.1 Å². The standard InChI is InChI=1S/C20H19ClN2O4S/c1-2-3-9-22-18(24)12-23-19(25)17(28-20(23)26)11-15-7-8-16(27-15)13-5-4-6-14(21)10-13/h4-8,10-11H,2-3,9,12H2,1H3,(H,22,24)/b17-11-. The summed E-state index contributed by atoms with van der Waals surface area (Å²) in [6.45, 7) is 2.26. The second kappa shape index (κ2) is 9.12. The van der Waals surface area contributed by atoms with Gasteiger partial charge in [0.1, 0.15) is 18.1 Å². The molecule has 0 aliphatic carbocycles. The normalized spacial score (nSPS) is 15.5. The summed E-state index contributed by atoms with van der Waals surface area (Å²) < 4.78 is 5.74. The van der Waals surface area contributed by atoms with Gasteiger partial charge in [0, 0.05) is 23.2 Å². The molecule has 8 heteroatoms. The van der Waals surface area contributed by atoms with Gasteiger partial charge < -0.3 is 9.73 Å². The number of carbonyl (C=O) groups is 3. The second-order valence-corrected chi connectivity index (χ2v) is 7.61. The third-order valence-corrected chi connectivity index (χ3v) is 5.18. The Kier molecular flexibility index (Phi) is 6.59. The maximum absolute atomic E-state index is 12.5. The number of nitrogens with zero attached hydrogens (tertiary/aromatic N) is 1. The van der Waals surface area contributed by atoms with E-state index in [0.717, 1.165) is 35.1 Å². The number of amides is 3. The van der Waals surface area contributed by atoms with E-state index in [-0.39, 0.29) is 17.4 Å². The Morgan fingerprint density at radius 1 is 1.29 bits per heavy atom. The first-order valence-corrected chi connectivity index (χ1v) is 10.0. The Hall–Kier alpha value is -2.51. The molecule has 1 saturated heterocycles. The summed E-state index contributed by atoms with van der Waals surface area (Å²) in [6, 6.07) is 10.7. The van der Waals surface area contributed by atoms with Gasteiger partial charge in [-0.05, 0) is 42.4 Å². The Morgan fingerprint density at radius 3 is 2.86 bits per heavy atom. The van der Waals surface area contributed by atoms with Gasteiger partial charge >= 0.3 is 0 Å². The SMILES string of the molecule is CCCCNC(=O)CN1C(=O)S/C(=C\c2ccc(-c3cccc(Cl)c3)o2)C1=O. The molecule has 6 nitrogen and oxygen atoms in total. The lowest BCUT2D eigenvalue weighted by molar-refractivity contribution is -0.129. The molecule has 1 aliphatic rings. The van der Waals surface area contributed by atoms with E-state index < -0.39 is 11.1 Å². The lowest BCUT2D eigenvalue weighted by Crippen LogP contribution is -2.39. The molecule has 2 heterocycles. The van der Waals surface area contributed by atoms with Crippen molar-refractivity contribution in [2.75, 3.05) is 13.1 Å². The average Bonchev–Trinajstić information content (AvgIpc) is 3.23. The van der Waals surface area contributed by atoms with Crippen LogP contribution in [-0.4, -0.2) is 35.0 Å². The fraction of sp³-hybridized carbons (Fsp3) is 0.250. The van der Waals surface area contributed by atoms with Crippen molar-refractivity contribution < 1.29 is 18.8 Å². The Labute approximate surface area is 171 Å². The van der Waals surface area contributed by atoms with Crippen LogP contribution in [0.5, 0.6) is 0 Å². The van der Waals surface area contributed by atoms with Gasteiger partial charge in [-0.15, -0.1) is 0 Å². The average molecular weight is 419 g/mol. The van der Waals surface area contributed by atoms with Crippen molar-refractivity contribution in [1.29, 1.82) is 0 Å². The number of imide groups is 1. The summed E-state index contributed by atoms with van der Waals surface area (Å²) in [5.74, 6) is 0.191. The fourth-order valence-corrected chi connectivity index (χ4v) is 3.61. The van der Waals surface area contributed by atoms with Gasteiger partial charge in [0.05, 0.1) is 4.91 Å². The van der Waals surface area contributed by atoms with Crippen molar-refractivity contribution in [2.24, 2.45) is 0 Å². The van der Waals surface area contributed by atoms with Gasteiger partial charge in [-0.1, -0.05) is 37.1 Å². The van der Waals surface area contributed by atoms with Crippen molar-refractivity contribution >= 4 is 46.5 Å². The number of rotatable bonds is 7. The highest BCUT2D eigenvalue weighted by Crippen LogP contribution is 2.33. The maximum Gasteiger partial charge on any atom is 0.294 e. The molecule has 146 valence electrons. The number of hydrogen-bond donors (Lipinski definition) is 1. The smallest absolute Gasteiger partial charge is 0.294 e. The van der Waals surface area contributed by atoms with E-state index in [1.54, 1.807) is 24.3 Å². The van der Waals surface area contributed by atoms with Gasteiger partial charge in [-0.3, -0.25) is 19.3 Å². The van der Waals surface area contributed by atoms with Crippen LogP contribution in [0.1, 0.15) is 25.5 Å². The largest absolute Gasteiger partial charge is 0.457 e. The van der Waals surface area contributed by atoms with Gasteiger partial charge in [-0.2, -0.15) is 0 Å². The number of unbranched alkanes of at least 4 members (excludes halogenated alkanes) is 1. The maximum atomic E-state index is 12.5. The zero-order valence-electron chi connectivity index (χ0n) is 15.2. The van der Waals surface area contributed by atoms with Gasteiger partial charge in [0.25, 0.3) is 11.1 Å². The molecule has 3 amide bonds. The van der Waals surface area contributed by atoms with Crippen LogP contribution in [0.2, 0.25) is 5.02 Å². The number of nitrogens with one attached hydrogen (secondary N) is 1. The van der Waals surface area contributed by atoms with Crippen molar-refractivity contribution in [3.8, 4) is 11.3 Å². The molecule has 3 rings (SSSR count). The van der Waals surface area contributed by atoms with Crippen molar-refractivity contribution in [1.82, 2.24) is 10.2 Å². The van der Waals surface area contributed by atoms with Gasteiger partial charge in [0.2, 0.25) is 5.91 Å². The van der Waals surface area contributed by atoms with Crippen LogP contribution in [0, 0.1) is 0 Å². The summed E-state index contributed by atoms with van der Waals surface area (Å²) in [4.78, 5) is 37.7. The molecule has 0 radical (unpaired) electrons. The number of carbonyl (C=O) groups excluding carboxylic acids is 3. The first-order valence-electron chi connectivity index (χ1n) is 8.85. The number of hydrogen-bond acceptors (Lipinski definition) is 5. The quantitative estimate of drug-likeness (QED) is 0.527.